The molecule has 1 aliphatic rings. The summed E-state index contributed by atoms with van der Waals surface area (Å²) in [6, 6.07) is 7.82. The summed E-state index contributed by atoms with van der Waals surface area (Å²) in [5.74, 6) is 1.15. The van der Waals surface area contributed by atoms with Gasteiger partial charge in [0.25, 0.3) is 0 Å². The Morgan fingerprint density at radius 1 is 1.10 bits per heavy atom. The average Bonchev–Trinajstić information content (AvgIpc) is 2.38. The Morgan fingerprint density at radius 2 is 1.75 bits per heavy atom. The summed E-state index contributed by atoms with van der Waals surface area (Å²) in [7, 11) is 0. The molecule has 1 saturated carbocycles. The van der Waals surface area contributed by atoms with E-state index in [1.54, 1.807) is 0 Å². The summed E-state index contributed by atoms with van der Waals surface area (Å²) in [5, 5.41) is 0. The van der Waals surface area contributed by atoms with Crippen LogP contribution in [0, 0.1) is 0 Å². The van der Waals surface area contributed by atoms with Crippen molar-refractivity contribution < 1.29 is 14.3 Å². The van der Waals surface area contributed by atoms with Crippen LogP contribution in [0.5, 0.6) is 5.75 Å². The molecule has 0 saturated heterocycles. The summed E-state index contributed by atoms with van der Waals surface area (Å²) >= 11 is 0. The Morgan fingerprint density at radius 3 is 2.40 bits per heavy atom. The van der Waals surface area contributed by atoms with E-state index in [1.165, 1.54) is 32.1 Å². The third kappa shape index (κ3) is 4.26. The van der Waals surface area contributed by atoms with E-state index >= 15 is 0 Å². The molecule has 3 heteroatoms. The molecule has 0 spiro atoms. The minimum Gasteiger partial charge on any atom is -0.428 e. The molecule has 0 amide bonds. The lowest BCUT2D eigenvalue weighted by atomic mass is 9.84. The molecule has 0 bridgehead atoms. The lowest BCUT2D eigenvalue weighted by Gasteiger charge is -2.24. The van der Waals surface area contributed by atoms with Crippen LogP contribution in [0.15, 0.2) is 24.3 Å². The number of hydrogen-bond acceptors (Lipinski definition) is 3. The van der Waals surface area contributed by atoms with Crippen molar-refractivity contribution in [2.24, 2.45) is 0 Å². The van der Waals surface area contributed by atoms with E-state index in [0.29, 0.717) is 11.7 Å². The van der Waals surface area contributed by atoms with Crippen molar-refractivity contribution in [1.82, 2.24) is 0 Å². The Balaban J connectivity index is 2.09. The second-order valence-corrected chi connectivity index (χ2v) is 6.44. The number of carbonyl (C=O) groups is 1. The molecule has 20 heavy (non-hydrogen) atoms. The fourth-order valence-electron chi connectivity index (χ4n) is 2.68. The van der Waals surface area contributed by atoms with Gasteiger partial charge in [0.2, 0.25) is 0 Å². The van der Waals surface area contributed by atoms with E-state index in [-0.39, 0.29) is 0 Å². The minimum absolute atomic E-state index is 0.502. The summed E-state index contributed by atoms with van der Waals surface area (Å²) < 4.78 is 10.6. The highest BCUT2D eigenvalue weighted by atomic mass is 16.7. The minimum atomic E-state index is -0.624. The van der Waals surface area contributed by atoms with Gasteiger partial charge in [0.1, 0.15) is 11.4 Å². The standard InChI is InChI=1S/C17H24O3/c1-17(2,3)20-16(18)19-15-12-8-7-11-14(15)13-9-5-4-6-10-13/h7-8,11-13H,4-6,9-10H2,1-3H3. The van der Waals surface area contributed by atoms with Gasteiger partial charge in [0.05, 0.1) is 0 Å². The summed E-state index contributed by atoms with van der Waals surface area (Å²) in [4.78, 5) is 11.8. The van der Waals surface area contributed by atoms with Gasteiger partial charge >= 0.3 is 6.16 Å². The quantitative estimate of drug-likeness (QED) is 0.560. The molecule has 110 valence electrons. The van der Waals surface area contributed by atoms with E-state index < -0.39 is 11.8 Å². The maximum absolute atomic E-state index is 11.8. The molecule has 1 aromatic carbocycles. The van der Waals surface area contributed by atoms with Gasteiger partial charge in [-0.05, 0) is 51.2 Å². The van der Waals surface area contributed by atoms with Crippen molar-refractivity contribution in [2.75, 3.05) is 0 Å². The number of rotatable bonds is 2. The predicted molar refractivity (Wildman–Crippen MR) is 79.1 cm³/mol. The molecular weight excluding hydrogens is 252 g/mol. The monoisotopic (exact) mass is 276 g/mol. The highest BCUT2D eigenvalue weighted by Gasteiger charge is 2.22. The van der Waals surface area contributed by atoms with Gasteiger partial charge < -0.3 is 9.47 Å². The molecule has 1 aliphatic carbocycles. The van der Waals surface area contributed by atoms with E-state index in [1.807, 2.05) is 39.0 Å². The normalized spacial score (nSPS) is 16.8. The number of ether oxygens (including phenoxy) is 2. The first-order valence-electron chi connectivity index (χ1n) is 7.45. The first-order chi connectivity index (χ1) is 9.46. The Labute approximate surface area is 121 Å². The fraction of sp³-hybridized carbons (Fsp3) is 0.588. The smallest absolute Gasteiger partial charge is 0.428 e. The topological polar surface area (TPSA) is 35.5 Å². The second kappa shape index (κ2) is 6.29. The van der Waals surface area contributed by atoms with Crippen molar-refractivity contribution in [3.8, 4) is 5.75 Å². The molecule has 1 aromatic rings. The van der Waals surface area contributed by atoms with Crippen LogP contribution in [0.25, 0.3) is 0 Å². The highest BCUT2D eigenvalue weighted by molar-refractivity contribution is 5.65. The van der Waals surface area contributed by atoms with Gasteiger partial charge in [-0.3, -0.25) is 0 Å². The van der Waals surface area contributed by atoms with E-state index in [9.17, 15) is 4.79 Å². The summed E-state index contributed by atoms with van der Waals surface area (Å²) in [6.07, 6.45) is 5.55. The molecule has 1 fully saturated rings. The molecule has 0 N–H and O–H groups in total. The van der Waals surface area contributed by atoms with Crippen molar-refractivity contribution in [3.63, 3.8) is 0 Å². The van der Waals surface area contributed by atoms with Crippen LogP contribution in [0.3, 0.4) is 0 Å². The third-order valence-corrected chi connectivity index (χ3v) is 3.55. The summed E-state index contributed by atoms with van der Waals surface area (Å²) in [5.41, 5.74) is 0.606. The predicted octanol–water partition coefficient (Wildman–Crippen LogP) is 5.05. The van der Waals surface area contributed by atoms with Gasteiger partial charge in [-0.1, -0.05) is 37.5 Å². The van der Waals surface area contributed by atoms with Crippen molar-refractivity contribution >= 4 is 6.16 Å². The molecule has 0 heterocycles. The van der Waals surface area contributed by atoms with Crippen molar-refractivity contribution in [1.29, 1.82) is 0 Å². The van der Waals surface area contributed by atoms with Crippen molar-refractivity contribution in [3.05, 3.63) is 29.8 Å². The Bertz CT molecular complexity index is 454. The van der Waals surface area contributed by atoms with Crippen LogP contribution in [0.4, 0.5) is 4.79 Å². The van der Waals surface area contributed by atoms with Crippen LogP contribution < -0.4 is 4.74 Å². The van der Waals surface area contributed by atoms with Gasteiger partial charge in [0, 0.05) is 0 Å². The van der Waals surface area contributed by atoms with Gasteiger partial charge in [-0.15, -0.1) is 0 Å². The van der Waals surface area contributed by atoms with E-state index in [2.05, 4.69) is 6.07 Å². The molecule has 2 rings (SSSR count). The number of para-hydroxylation sites is 1. The van der Waals surface area contributed by atoms with Gasteiger partial charge in [0.15, 0.2) is 0 Å². The van der Waals surface area contributed by atoms with E-state index in [4.69, 9.17) is 9.47 Å². The molecular formula is C17H24O3. The third-order valence-electron chi connectivity index (χ3n) is 3.55. The zero-order valence-electron chi connectivity index (χ0n) is 12.6. The van der Waals surface area contributed by atoms with Crippen LogP contribution in [0.1, 0.15) is 64.4 Å². The first-order valence-corrected chi connectivity index (χ1v) is 7.45. The maximum atomic E-state index is 11.8. The van der Waals surface area contributed by atoms with Gasteiger partial charge in [-0.25, -0.2) is 4.79 Å². The molecule has 0 aromatic heterocycles. The van der Waals surface area contributed by atoms with E-state index in [0.717, 1.165) is 5.56 Å². The zero-order valence-corrected chi connectivity index (χ0v) is 12.6. The molecule has 0 radical (unpaired) electrons. The number of carbonyl (C=O) groups excluding carboxylic acids is 1. The van der Waals surface area contributed by atoms with Crippen LogP contribution in [-0.2, 0) is 4.74 Å². The van der Waals surface area contributed by atoms with Crippen LogP contribution in [-0.4, -0.2) is 11.8 Å². The lowest BCUT2D eigenvalue weighted by Crippen LogP contribution is -2.26. The lowest BCUT2D eigenvalue weighted by molar-refractivity contribution is 0.0203. The molecule has 0 atom stereocenters. The van der Waals surface area contributed by atoms with Crippen LogP contribution in [0.2, 0.25) is 0 Å². The fourth-order valence-corrected chi connectivity index (χ4v) is 2.68. The van der Waals surface area contributed by atoms with Gasteiger partial charge in [-0.2, -0.15) is 0 Å². The maximum Gasteiger partial charge on any atom is 0.514 e. The molecule has 0 aliphatic heterocycles. The summed E-state index contributed by atoms with van der Waals surface area (Å²) in [6.45, 7) is 5.50. The molecule has 0 unspecified atom stereocenters. The Kier molecular flexibility index (Phi) is 4.69. The highest BCUT2D eigenvalue weighted by Crippen LogP contribution is 2.37. The molecule has 3 nitrogen and oxygen atoms in total. The largest absolute Gasteiger partial charge is 0.514 e. The second-order valence-electron chi connectivity index (χ2n) is 6.44. The number of hydrogen-bond donors (Lipinski definition) is 0. The SMILES string of the molecule is CC(C)(C)OC(=O)Oc1ccccc1C1CCCCC1. The van der Waals surface area contributed by atoms with Crippen molar-refractivity contribution in [2.45, 2.75) is 64.4 Å². The van der Waals surface area contributed by atoms with Crippen LogP contribution >= 0.6 is 0 Å². The first kappa shape index (κ1) is 14.9. The zero-order chi connectivity index (χ0) is 14.6. The average molecular weight is 276 g/mol. The Hall–Kier alpha value is -1.51. The number of benzene rings is 1.